The van der Waals surface area contributed by atoms with Gasteiger partial charge in [-0.15, -0.1) is 4.72 Å². The summed E-state index contributed by atoms with van der Waals surface area (Å²) >= 11 is -0.992. The molecule has 0 bridgehead atoms. The molecule has 0 spiro atoms. The van der Waals surface area contributed by atoms with Gasteiger partial charge in [0.15, 0.2) is 0 Å². The molecule has 26 heavy (non-hydrogen) atoms. The van der Waals surface area contributed by atoms with Crippen molar-refractivity contribution in [2.75, 3.05) is 5.32 Å². The number of nitrogens with one attached hydrogen (secondary N) is 2. The van der Waals surface area contributed by atoms with Crippen LogP contribution >= 0.6 is 0 Å². The number of anilines is 1. The van der Waals surface area contributed by atoms with Crippen LogP contribution in [-0.2, 0) is 22.5 Å². The van der Waals surface area contributed by atoms with Crippen molar-refractivity contribution in [2.45, 2.75) is 83.1 Å². The van der Waals surface area contributed by atoms with Gasteiger partial charge in [-0.1, -0.05) is 25.5 Å². The predicted octanol–water partition coefficient (Wildman–Crippen LogP) is 4.55. The second kappa shape index (κ2) is 10.8. The van der Waals surface area contributed by atoms with Crippen LogP contribution in [0.25, 0.3) is 0 Å². The third-order valence-electron chi connectivity index (χ3n) is 4.68. The molecule has 1 unspecified atom stereocenters. The van der Waals surface area contributed by atoms with Crippen molar-refractivity contribution in [1.82, 2.24) is 4.72 Å². The Kier molecular flexibility index (Phi) is 8.75. The van der Waals surface area contributed by atoms with Gasteiger partial charge in [-0.05, 0) is 70.1 Å². The Balaban J connectivity index is 1.70. The summed E-state index contributed by atoms with van der Waals surface area (Å²) in [4.78, 5) is 12.1. The van der Waals surface area contributed by atoms with Gasteiger partial charge in [0, 0.05) is 17.0 Å². The van der Waals surface area contributed by atoms with Crippen LogP contribution in [0.4, 0.5) is 10.5 Å². The number of carbonyl (C=O) groups excluding carboxylic acids is 1. The molecule has 0 aliphatic heterocycles. The topological polar surface area (TPSA) is 73.4 Å². The fourth-order valence-corrected chi connectivity index (χ4v) is 3.87. The Bertz CT molecular complexity index is 542. The number of hydrogen-bond donors (Lipinski definition) is 2. The summed E-state index contributed by atoms with van der Waals surface area (Å²) < 4.78 is 20.6. The van der Waals surface area contributed by atoms with E-state index in [-0.39, 0.29) is 17.4 Å². The number of rotatable bonds is 8. The summed E-state index contributed by atoms with van der Waals surface area (Å²) in [5, 5.41) is 2.92. The molecule has 2 rings (SSSR count). The van der Waals surface area contributed by atoms with Gasteiger partial charge in [-0.3, -0.25) is 5.32 Å². The summed E-state index contributed by atoms with van der Waals surface area (Å²) in [6.07, 6.45) is 6.32. The molecule has 1 aliphatic carbocycles. The number of hydrogen-bond acceptors (Lipinski definition) is 4. The first-order chi connectivity index (χ1) is 12.5. The predicted molar refractivity (Wildman–Crippen MR) is 108 cm³/mol. The van der Waals surface area contributed by atoms with Crippen molar-refractivity contribution < 1.29 is 14.1 Å². The summed E-state index contributed by atoms with van der Waals surface area (Å²) in [5.74, 6) is 0. The quantitative estimate of drug-likeness (QED) is 0.649. The SMILES string of the molecule is CCCCc1ccc(NC(=O)OC2CCC(N[S+]([O-])C(C)C)CC2)cc1. The monoisotopic (exact) mass is 380 g/mol. The molecular weight excluding hydrogens is 348 g/mol. The summed E-state index contributed by atoms with van der Waals surface area (Å²) in [7, 11) is 0. The normalized spacial score (nSPS) is 21.4. The first kappa shape index (κ1) is 21.1. The van der Waals surface area contributed by atoms with E-state index in [9.17, 15) is 9.35 Å². The first-order valence-corrected chi connectivity index (χ1v) is 10.9. The van der Waals surface area contributed by atoms with E-state index in [2.05, 4.69) is 29.1 Å². The summed E-state index contributed by atoms with van der Waals surface area (Å²) in [5.41, 5.74) is 2.05. The van der Waals surface area contributed by atoms with Gasteiger partial charge >= 0.3 is 6.09 Å². The van der Waals surface area contributed by atoms with Crippen molar-refractivity contribution in [2.24, 2.45) is 0 Å². The minimum atomic E-state index is -0.992. The lowest BCUT2D eigenvalue weighted by Crippen LogP contribution is -2.42. The molecule has 0 saturated heterocycles. The Morgan fingerprint density at radius 1 is 1.23 bits per heavy atom. The molecule has 1 saturated carbocycles. The van der Waals surface area contributed by atoms with Gasteiger partial charge in [0.1, 0.15) is 11.4 Å². The number of amides is 1. The molecule has 6 heteroatoms. The molecule has 1 fully saturated rings. The smallest absolute Gasteiger partial charge is 0.411 e. The zero-order valence-corrected chi connectivity index (χ0v) is 16.9. The highest BCUT2D eigenvalue weighted by atomic mass is 32.2. The van der Waals surface area contributed by atoms with Crippen LogP contribution in [0.3, 0.4) is 0 Å². The highest BCUT2D eigenvalue weighted by Gasteiger charge is 2.27. The molecule has 1 aliphatic rings. The van der Waals surface area contributed by atoms with Crippen LogP contribution in [0.5, 0.6) is 0 Å². The van der Waals surface area contributed by atoms with Gasteiger partial charge in [-0.25, -0.2) is 4.79 Å². The van der Waals surface area contributed by atoms with Gasteiger partial charge in [-0.2, -0.15) is 0 Å². The zero-order valence-electron chi connectivity index (χ0n) is 16.1. The lowest BCUT2D eigenvalue weighted by Gasteiger charge is -2.29. The number of aryl methyl sites for hydroxylation is 1. The standard InChI is InChI=1S/C20H32N2O3S/c1-4-5-6-16-7-9-17(10-8-16)21-20(23)25-19-13-11-18(12-14-19)22-26(24)15(2)3/h7-10,15,18-19,22H,4-6,11-14H2,1-3H3,(H,21,23). The van der Waals surface area contributed by atoms with Crippen LogP contribution in [-0.4, -0.2) is 28.0 Å². The molecule has 0 heterocycles. The van der Waals surface area contributed by atoms with Crippen molar-refractivity contribution >= 4 is 23.1 Å². The highest BCUT2D eigenvalue weighted by molar-refractivity contribution is 7.90. The lowest BCUT2D eigenvalue weighted by molar-refractivity contribution is 0.0812. The van der Waals surface area contributed by atoms with Crippen molar-refractivity contribution in [3.63, 3.8) is 0 Å². The van der Waals surface area contributed by atoms with Crippen LogP contribution < -0.4 is 10.0 Å². The average Bonchev–Trinajstić information content (AvgIpc) is 2.62. The van der Waals surface area contributed by atoms with Gasteiger partial charge in [0.05, 0.1) is 6.04 Å². The van der Waals surface area contributed by atoms with Crippen molar-refractivity contribution in [3.8, 4) is 0 Å². The molecule has 0 aromatic heterocycles. The van der Waals surface area contributed by atoms with Gasteiger partial charge in [0.25, 0.3) is 0 Å². The molecule has 1 aromatic carbocycles. The number of carbonyl (C=O) groups is 1. The second-order valence-electron chi connectivity index (χ2n) is 7.27. The zero-order chi connectivity index (χ0) is 18.9. The first-order valence-electron chi connectivity index (χ1n) is 9.71. The highest BCUT2D eigenvalue weighted by Crippen LogP contribution is 2.23. The molecule has 1 amide bonds. The van der Waals surface area contributed by atoms with Crippen LogP contribution in [0.1, 0.15) is 64.9 Å². The molecule has 1 atom stereocenters. The Hall–Kier alpha value is -1.24. The van der Waals surface area contributed by atoms with Crippen molar-refractivity contribution in [3.05, 3.63) is 29.8 Å². The minimum Gasteiger partial charge on any atom is -0.598 e. The fourth-order valence-electron chi connectivity index (χ4n) is 3.03. The maximum absolute atomic E-state index is 12.1. The number of benzene rings is 1. The van der Waals surface area contributed by atoms with E-state index >= 15 is 0 Å². The van der Waals surface area contributed by atoms with E-state index in [0.29, 0.717) is 0 Å². The van der Waals surface area contributed by atoms with E-state index in [1.165, 1.54) is 18.4 Å². The van der Waals surface area contributed by atoms with E-state index in [4.69, 9.17) is 4.74 Å². The third kappa shape index (κ3) is 7.17. The molecule has 0 radical (unpaired) electrons. The van der Waals surface area contributed by atoms with Crippen LogP contribution in [0, 0.1) is 0 Å². The Labute approximate surface area is 160 Å². The molecular formula is C20H32N2O3S. The van der Waals surface area contributed by atoms with Crippen LogP contribution in [0.2, 0.25) is 0 Å². The largest absolute Gasteiger partial charge is 0.598 e. The maximum atomic E-state index is 12.1. The Morgan fingerprint density at radius 2 is 1.88 bits per heavy atom. The number of unbranched alkanes of at least 4 members (excludes halogenated alkanes) is 1. The van der Waals surface area contributed by atoms with E-state index < -0.39 is 17.5 Å². The van der Waals surface area contributed by atoms with E-state index in [0.717, 1.165) is 37.8 Å². The summed E-state index contributed by atoms with van der Waals surface area (Å²) in [6, 6.07) is 8.20. The van der Waals surface area contributed by atoms with Gasteiger partial charge in [0.2, 0.25) is 0 Å². The van der Waals surface area contributed by atoms with E-state index in [1.54, 1.807) is 0 Å². The molecule has 5 nitrogen and oxygen atoms in total. The third-order valence-corrected chi connectivity index (χ3v) is 6.10. The number of ether oxygens (including phenoxy) is 1. The fraction of sp³-hybridized carbons (Fsp3) is 0.650. The van der Waals surface area contributed by atoms with E-state index in [1.807, 2.05) is 26.0 Å². The van der Waals surface area contributed by atoms with Crippen molar-refractivity contribution in [1.29, 1.82) is 0 Å². The second-order valence-corrected chi connectivity index (χ2v) is 9.04. The summed E-state index contributed by atoms with van der Waals surface area (Å²) in [6.45, 7) is 6.07. The lowest BCUT2D eigenvalue weighted by atomic mass is 9.94. The maximum Gasteiger partial charge on any atom is 0.411 e. The van der Waals surface area contributed by atoms with Gasteiger partial charge < -0.3 is 9.29 Å². The molecule has 146 valence electrons. The average molecular weight is 381 g/mol. The Morgan fingerprint density at radius 3 is 2.46 bits per heavy atom. The molecule has 2 N–H and O–H groups in total. The molecule has 1 aromatic rings. The van der Waals surface area contributed by atoms with Crippen LogP contribution in [0.15, 0.2) is 24.3 Å². The minimum absolute atomic E-state index is 0.0654.